The van der Waals surface area contributed by atoms with Gasteiger partial charge in [0.25, 0.3) is 5.91 Å². The second-order valence-corrected chi connectivity index (χ2v) is 7.03. The molecule has 2 rings (SSSR count). The molecule has 0 spiro atoms. The first kappa shape index (κ1) is 19.9. The molecule has 23 heavy (non-hydrogen) atoms. The third kappa shape index (κ3) is 4.67. The van der Waals surface area contributed by atoms with E-state index in [1.165, 1.54) is 21.5 Å². The van der Waals surface area contributed by atoms with Crippen LogP contribution in [0.15, 0.2) is 17.2 Å². The van der Waals surface area contributed by atoms with Gasteiger partial charge in [0.2, 0.25) is 10.0 Å². The summed E-state index contributed by atoms with van der Waals surface area (Å²) < 4.78 is 31.5. The van der Waals surface area contributed by atoms with Crippen molar-refractivity contribution in [3.05, 3.63) is 18.0 Å². The number of hydrogen-bond donors (Lipinski definition) is 2. The molecule has 1 amide bonds. The Morgan fingerprint density at radius 2 is 2.09 bits per heavy atom. The predicted octanol–water partition coefficient (Wildman–Crippen LogP) is -0.251. The lowest BCUT2D eigenvalue weighted by Gasteiger charge is -2.25. The highest BCUT2D eigenvalue weighted by Crippen LogP contribution is 2.18. The molecule has 2 N–H and O–H groups in total. The fraction of sp³-hybridized carbons (Fsp3) is 0.615. The van der Waals surface area contributed by atoms with Crippen molar-refractivity contribution in [1.82, 2.24) is 19.5 Å². The van der Waals surface area contributed by atoms with Crippen molar-refractivity contribution in [2.24, 2.45) is 0 Å². The van der Waals surface area contributed by atoms with Crippen LogP contribution in [0.3, 0.4) is 0 Å². The van der Waals surface area contributed by atoms with Crippen molar-refractivity contribution in [1.29, 1.82) is 0 Å². The Balaban J connectivity index is 0.00000264. The molecule has 0 aliphatic carbocycles. The number of carbonyl (C=O) groups is 1. The molecular weight excluding hydrogens is 344 g/mol. The smallest absolute Gasteiger partial charge is 0.270 e. The van der Waals surface area contributed by atoms with E-state index in [0.717, 1.165) is 0 Å². The number of nitrogens with zero attached hydrogens (tertiary/aromatic N) is 2. The zero-order valence-corrected chi connectivity index (χ0v) is 14.9. The highest BCUT2D eigenvalue weighted by atomic mass is 35.5. The zero-order chi connectivity index (χ0) is 16.2. The summed E-state index contributed by atoms with van der Waals surface area (Å²) in [5.74, 6) is -0.237. The van der Waals surface area contributed by atoms with Crippen LogP contribution < -0.4 is 5.32 Å². The Hall–Kier alpha value is -1.13. The fourth-order valence-electron chi connectivity index (χ4n) is 2.17. The molecule has 0 atom stereocenters. The molecule has 1 aromatic heterocycles. The van der Waals surface area contributed by atoms with Gasteiger partial charge in [-0.1, -0.05) is 0 Å². The van der Waals surface area contributed by atoms with E-state index in [9.17, 15) is 13.2 Å². The van der Waals surface area contributed by atoms with E-state index >= 15 is 0 Å². The molecule has 1 aliphatic rings. The highest BCUT2D eigenvalue weighted by Gasteiger charge is 2.28. The van der Waals surface area contributed by atoms with Crippen molar-refractivity contribution in [2.75, 3.05) is 53.5 Å². The number of rotatable bonds is 6. The summed E-state index contributed by atoms with van der Waals surface area (Å²) in [4.78, 5) is 16.6. The minimum absolute atomic E-state index is 0. The first-order chi connectivity index (χ1) is 10.5. The number of ether oxygens (including phenoxy) is 1. The van der Waals surface area contributed by atoms with Crippen LogP contribution in [-0.2, 0) is 14.8 Å². The van der Waals surface area contributed by atoms with Crippen LogP contribution in [0.4, 0.5) is 0 Å². The molecule has 132 valence electrons. The number of nitrogens with one attached hydrogen (secondary N) is 2. The predicted molar refractivity (Wildman–Crippen MR) is 88.5 cm³/mol. The van der Waals surface area contributed by atoms with Gasteiger partial charge < -0.3 is 19.9 Å². The Morgan fingerprint density at radius 1 is 1.43 bits per heavy atom. The summed E-state index contributed by atoms with van der Waals surface area (Å²) in [6.07, 6.45) is 1.37. The minimum atomic E-state index is -3.58. The summed E-state index contributed by atoms with van der Waals surface area (Å²) in [5, 5.41) is 2.96. The minimum Gasteiger partial charge on any atom is -0.379 e. The van der Waals surface area contributed by atoms with Crippen molar-refractivity contribution in [2.45, 2.75) is 4.90 Å². The molecule has 10 heteroatoms. The molecule has 1 aliphatic heterocycles. The van der Waals surface area contributed by atoms with Crippen LogP contribution in [0.2, 0.25) is 0 Å². The standard InChI is InChI=1S/C13H22N4O4S.ClH/c1-14-3-4-16(2)13(18)12-9-11(10-15-12)22(19,20)17-5-7-21-8-6-17;/h9-10,14-15H,3-8H2,1-2H3;1H. The van der Waals surface area contributed by atoms with E-state index in [4.69, 9.17) is 4.74 Å². The maximum absolute atomic E-state index is 12.5. The number of aromatic amines is 1. The maximum atomic E-state index is 12.5. The summed E-state index contributed by atoms with van der Waals surface area (Å²) in [6, 6.07) is 1.39. The number of H-pyrrole nitrogens is 1. The van der Waals surface area contributed by atoms with Crippen LogP contribution >= 0.6 is 12.4 Å². The lowest BCUT2D eigenvalue weighted by atomic mass is 10.3. The molecule has 0 aromatic carbocycles. The first-order valence-corrected chi connectivity index (χ1v) is 8.57. The number of amides is 1. The lowest BCUT2D eigenvalue weighted by molar-refractivity contribution is 0.0730. The van der Waals surface area contributed by atoms with Crippen LogP contribution in [0.5, 0.6) is 0 Å². The van der Waals surface area contributed by atoms with Crippen molar-refractivity contribution < 1.29 is 17.9 Å². The molecule has 0 radical (unpaired) electrons. The molecule has 1 saturated heterocycles. The largest absolute Gasteiger partial charge is 0.379 e. The lowest BCUT2D eigenvalue weighted by Crippen LogP contribution is -2.40. The summed E-state index contributed by atoms with van der Waals surface area (Å²) >= 11 is 0. The van der Waals surface area contributed by atoms with E-state index in [0.29, 0.717) is 39.4 Å². The van der Waals surface area contributed by atoms with Crippen molar-refractivity contribution >= 4 is 28.3 Å². The molecule has 0 unspecified atom stereocenters. The van der Waals surface area contributed by atoms with Gasteiger partial charge in [0, 0.05) is 39.4 Å². The zero-order valence-electron chi connectivity index (χ0n) is 13.2. The van der Waals surface area contributed by atoms with E-state index in [1.807, 2.05) is 0 Å². The Labute approximate surface area is 142 Å². The van der Waals surface area contributed by atoms with Crippen LogP contribution in [0.25, 0.3) is 0 Å². The average Bonchev–Trinajstić information content (AvgIpc) is 3.03. The molecule has 2 heterocycles. The molecule has 8 nitrogen and oxygen atoms in total. The number of halogens is 1. The van der Waals surface area contributed by atoms with E-state index in [2.05, 4.69) is 10.3 Å². The summed E-state index contributed by atoms with van der Waals surface area (Å²) in [6.45, 7) is 2.66. The van der Waals surface area contributed by atoms with Gasteiger partial charge in [-0.15, -0.1) is 12.4 Å². The molecule has 1 fully saturated rings. The third-order valence-corrected chi connectivity index (χ3v) is 5.42. The third-order valence-electron chi connectivity index (χ3n) is 3.54. The van der Waals surface area contributed by atoms with Gasteiger partial charge in [0.15, 0.2) is 0 Å². The van der Waals surface area contributed by atoms with Gasteiger partial charge >= 0.3 is 0 Å². The topological polar surface area (TPSA) is 94.7 Å². The quantitative estimate of drug-likeness (QED) is 0.724. The van der Waals surface area contributed by atoms with Gasteiger partial charge in [-0.05, 0) is 13.1 Å². The van der Waals surface area contributed by atoms with Gasteiger partial charge in [-0.3, -0.25) is 4.79 Å². The monoisotopic (exact) mass is 366 g/mol. The number of likely N-dealkylation sites (N-methyl/N-ethyl adjacent to an activating group) is 2. The van der Waals surface area contributed by atoms with E-state index in [1.54, 1.807) is 14.1 Å². The normalized spacial score (nSPS) is 15.9. The number of aromatic nitrogens is 1. The number of hydrogen-bond acceptors (Lipinski definition) is 5. The number of morpholine rings is 1. The Kier molecular flexibility index (Phi) is 7.49. The van der Waals surface area contributed by atoms with Gasteiger partial charge in [0.05, 0.1) is 13.2 Å². The number of sulfonamides is 1. The van der Waals surface area contributed by atoms with Crippen molar-refractivity contribution in [3.63, 3.8) is 0 Å². The summed E-state index contributed by atoms with van der Waals surface area (Å²) in [5.41, 5.74) is 0.269. The second kappa shape index (κ2) is 8.65. The van der Waals surface area contributed by atoms with E-state index in [-0.39, 0.29) is 28.9 Å². The van der Waals surface area contributed by atoms with E-state index < -0.39 is 10.0 Å². The second-order valence-electron chi connectivity index (χ2n) is 5.10. The first-order valence-electron chi connectivity index (χ1n) is 7.13. The summed E-state index contributed by atoms with van der Waals surface area (Å²) in [7, 11) is -0.0956. The molecule has 0 saturated carbocycles. The number of carbonyl (C=O) groups excluding carboxylic acids is 1. The Bertz CT molecular complexity index is 613. The van der Waals surface area contributed by atoms with Gasteiger partial charge in [0.1, 0.15) is 10.6 Å². The highest BCUT2D eigenvalue weighted by molar-refractivity contribution is 7.89. The average molecular weight is 367 g/mol. The Morgan fingerprint density at radius 3 is 2.70 bits per heavy atom. The van der Waals surface area contributed by atoms with Gasteiger partial charge in [-0.2, -0.15) is 4.31 Å². The van der Waals surface area contributed by atoms with Crippen molar-refractivity contribution in [3.8, 4) is 0 Å². The van der Waals surface area contributed by atoms with Crippen LogP contribution in [0.1, 0.15) is 10.5 Å². The van der Waals surface area contributed by atoms with Gasteiger partial charge in [-0.25, -0.2) is 8.42 Å². The van der Waals surface area contributed by atoms with Crippen LogP contribution in [0, 0.1) is 0 Å². The molecular formula is C13H23ClN4O4S. The SMILES string of the molecule is CNCCN(C)C(=O)c1cc(S(=O)(=O)N2CCOCC2)c[nH]1.Cl. The van der Waals surface area contributed by atoms with Crippen LogP contribution in [-0.4, -0.2) is 82.0 Å². The fourth-order valence-corrected chi connectivity index (χ4v) is 3.57. The maximum Gasteiger partial charge on any atom is 0.270 e. The molecule has 1 aromatic rings. The molecule has 0 bridgehead atoms.